The highest BCUT2D eigenvalue weighted by Crippen LogP contribution is 2.32. The number of rotatable bonds is 7. The van der Waals surface area contributed by atoms with Gasteiger partial charge in [0.15, 0.2) is 11.5 Å². The Kier molecular flexibility index (Phi) is 7.76. The van der Waals surface area contributed by atoms with Gasteiger partial charge in [-0.3, -0.25) is 4.68 Å². The Balaban J connectivity index is 1.27. The molecule has 6 rings (SSSR count). The van der Waals surface area contributed by atoms with Gasteiger partial charge in [-0.15, -0.1) is 0 Å². The van der Waals surface area contributed by atoms with Crippen molar-refractivity contribution < 1.29 is 26.7 Å². The minimum atomic E-state index is -4.65. The maximum atomic E-state index is 13.5. The zero-order chi connectivity index (χ0) is 31.1. The zero-order valence-corrected chi connectivity index (χ0v) is 24.3. The Hall–Kier alpha value is -4.49. The molecule has 0 aliphatic heterocycles. The number of nitrogens with one attached hydrogen (secondary N) is 2. The molecule has 3 N–H and O–H groups in total. The van der Waals surface area contributed by atoms with Gasteiger partial charge in [-0.25, -0.2) is 23.4 Å². The molecule has 0 bridgehead atoms. The highest BCUT2D eigenvalue weighted by Gasteiger charge is 2.38. The molecular formula is C28H28F3N9O3S. The summed E-state index contributed by atoms with van der Waals surface area (Å²) in [4.78, 5) is 13.1. The summed E-state index contributed by atoms with van der Waals surface area (Å²) in [5, 5.41) is 23.5. The average molecular weight is 628 g/mol. The lowest BCUT2D eigenvalue weighted by atomic mass is 9.93. The molecule has 4 aromatic heterocycles. The van der Waals surface area contributed by atoms with E-state index in [2.05, 4.69) is 47.6 Å². The van der Waals surface area contributed by atoms with Crippen LogP contribution in [0.1, 0.15) is 55.3 Å². The summed E-state index contributed by atoms with van der Waals surface area (Å²) in [6.45, 7) is 0. The molecule has 0 radical (unpaired) electrons. The van der Waals surface area contributed by atoms with Gasteiger partial charge in [0.2, 0.25) is 0 Å². The van der Waals surface area contributed by atoms with Crippen LogP contribution in [0, 0.1) is 11.8 Å². The number of anilines is 3. The molecule has 2 fully saturated rings. The number of hydrogen-bond acceptors (Lipinski definition) is 10. The van der Waals surface area contributed by atoms with E-state index in [9.17, 15) is 26.7 Å². The van der Waals surface area contributed by atoms with E-state index in [1.54, 1.807) is 12.1 Å². The van der Waals surface area contributed by atoms with Crippen molar-refractivity contribution >= 4 is 27.3 Å². The fraction of sp³-hybridized carbons (Fsp3) is 0.393. The Morgan fingerprint density at radius 3 is 2.48 bits per heavy atom. The van der Waals surface area contributed by atoms with E-state index >= 15 is 0 Å². The van der Waals surface area contributed by atoms with E-state index in [4.69, 9.17) is 0 Å². The first kappa shape index (κ1) is 29.6. The summed E-state index contributed by atoms with van der Waals surface area (Å²) < 4.78 is 67.4. The lowest BCUT2D eigenvalue weighted by Crippen LogP contribution is -2.28. The van der Waals surface area contributed by atoms with Crippen molar-refractivity contribution in [1.29, 1.82) is 0 Å². The molecule has 2 saturated carbocycles. The van der Waals surface area contributed by atoms with Crippen LogP contribution in [0.4, 0.5) is 30.5 Å². The molecule has 230 valence electrons. The first-order valence-electron chi connectivity index (χ1n) is 13.9. The predicted molar refractivity (Wildman–Crippen MR) is 154 cm³/mol. The van der Waals surface area contributed by atoms with E-state index < -0.39 is 27.1 Å². The maximum absolute atomic E-state index is 13.5. The van der Waals surface area contributed by atoms with Gasteiger partial charge in [-0.1, -0.05) is 11.8 Å². The Morgan fingerprint density at radius 1 is 1.00 bits per heavy atom. The number of alkyl halides is 3. The molecule has 2 aliphatic rings. The van der Waals surface area contributed by atoms with Gasteiger partial charge in [-0.05, 0) is 44.6 Å². The van der Waals surface area contributed by atoms with E-state index in [0.717, 1.165) is 8.77 Å². The molecule has 0 aromatic carbocycles. The second-order valence-electron chi connectivity index (χ2n) is 10.8. The van der Waals surface area contributed by atoms with Crippen molar-refractivity contribution in [3.8, 4) is 23.2 Å². The third-order valence-corrected chi connectivity index (χ3v) is 9.36. The monoisotopic (exact) mass is 627 g/mol. The second-order valence-corrected chi connectivity index (χ2v) is 12.9. The maximum Gasteiger partial charge on any atom is 0.436 e. The minimum absolute atomic E-state index is 0.0208. The number of aliphatic hydroxyl groups is 1. The summed E-state index contributed by atoms with van der Waals surface area (Å²) in [5.41, 5.74) is 0.0356. The van der Waals surface area contributed by atoms with Gasteiger partial charge in [-0.2, -0.15) is 27.5 Å². The smallest absolute Gasteiger partial charge is 0.393 e. The molecule has 44 heavy (non-hydrogen) atoms. The first-order valence-corrected chi connectivity index (χ1v) is 15.4. The molecule has 0 saturated heterocycles. The molecule has 12 nitrogen and oxygen atoms in total. The van der Waals surface area contributed by atoms with Crippen LogP contribution in [-0.4, -0.2) is 64.8 Å². The normalized spacial score (nSPS) is 18.8. The number of aromatic nitrogens is 7. The van der Waals surface area contributed by atoms with Crippen molar-refractivity contribution in [1.82, 2.24) is 33.9 Å². The van der Waals surface area contributed by atoms with Crippen LogP contribution < -0.4 is 10.6 Å². The Bertz CT molecular complexity index is 1850. The van der Waals surface area contributed by atoms with Crippen molar-refractivity contribution in [2.45, 2.75) is 62.1 Å². The van der Waals surface area contributed by atoms with E-state index in [-0.39, 0.29) is 23.5 Å². The van der Waals surface area contributed by atoms with Crippen LogP contribution in [0.3, 0.4) is 0 Å². The summed E-state index contributed by atoms with van der Waals surface area (Å²) >= 11 is 0. The minimum Gasteiger partial charge on any atom is -0.393 e. The number of nitrogens with zero attached hydrogens (tertiary/aromatic N) is 7. The molecule has 0 spiro atoms. The van der Waals surface area contributed by atoms with Gasteiger partial charge in [0.05, 0.1) is 46.1 Å². The van der Waals surface area contributed by atoms with Crippen LogP contribution in [0.5, 0.6) is 0 Å². The van der Waals surface area contributed by atoms with Gasteiger partial charge in [0.1, 0.15) is 11.6 Å². The predicted octanol–water partition coefficient (Wildman–Crippen LogP) is 3.69. The van der Waals surface area contributed by atoms with Crippen LogP contribution in [0.15, 0.2) is 43.1 Å². The first-order chi connectivity index (χ1) is 21.0. The highest BCUT2D eigenvalue weighted by atomic mass is 32.2. The van der Waals surface area contributed by atoms with Crippen molar-refractivity contribution in [2.75, 3.05) is 10.6 Å². The third-order valence-electron chi connectivity index (χ3n) is 7.33. The van der Waals surface area contributed by atoms with Gasteiger partial charge in [0.25, 0.3) is 10.0 Å². The highest BCUT2D eigenvalue weighted by molar-refractivity contribution is 7.90. The van der Waals surface area contributed by atoms with Crippen LogP contribution in [0.2, 0.25) is 0 Å². The van der Waals surface area contributed by atoms with E-state index in [0.29, 0.717) is 67.0 Å². The largest absolute Gasteiger partial charge is 0.436 e. The SMILES string of the molecule is Cn1cc(C#Cc2cnc(Nc3ccnc(-c4cnn(S(=O)(=O)C5CC5)c4)n3)cc2NC2CCC(O)CC2)c(C(F)(F)F)n1. The van der Waals surface area contributed by atoms with Gasteiger partial charge >= 0.3 is 6.18 Å². The summed E-state index contributed by atoms with van der Waals surface area (Å²) in [6.07, 6.45) is 5.83. The molecule has 0 amide bonds. The molecule has 0 atom stereocenters. The molecule has 4 aromatic rings. The summed E-state index contributed by atoms with van der Waals surface area (Å²) in [6, 6.07) is 3.32. The number of aliphatic hydroxyl groups excluding tert-OH is 1. The van der Waals surface area contributed by atoms with Crippen molar-refractivity contribution in [3.05, 3.63) is 59.9 Å². The number of pyridine rings is 1. The van der Waals surface area contributed by atoms with Crippen LogP contribution in [-0.2, 0) is 23.2 Å². The fourth-order valence-electron chi connectivity index (χ4n) is 4.88. The number of halogens is 3. The third kappa shape index (κ3) is 6.53. The molecule has 16 heteroatoms. The molecular weight excluding hydrogens is 599 g/mol. The second kappa shape index (κ2) is 11.5. The van der Waals surface area contributed by atoms with E-state index in [1.807, 2.05) is 0 Å². The summed E-state index contributed by atoms with van der Waals surface area (Å²) in [5.74, 6) is 6.41. The Labute approximate surface area is 250 Å². The zero-order valence-electron chi connectivity index (χ0n) is 23.5. The van der Waals surface area contributed by atoms with Crippen molar-refractivity contribution in [2.24, 2.45) is 7.05 Å². The number of hydrogen-bond donors (Lipinski definition) is 3. The van der Waals surface area contributed by atoms with Crippen LogP contribution >= 0.6 is 0 Å². The number of aryl methyl sites for hydroxylation is 1. The molecule has 4 heterocycles. The van der Waals surface area contributed by atoms with Crippen molar-refractivity contribution in [3.63, 3.8) is 0 Å². The summed E-state index contributed by atoms with van der Waals surface area (Å²) in [7, 11) is -2.14. The molecule has 0 unspecified atom stereocenters. The van der Waals surface area contributed by atoms with Gasteiger partial charge in [0, 0.05) is 37.7 Å². The quantitative estimate of drug-likeness (QED) is 0.259. The molecule has 2 aliphatic carbocycles. The standard InChI is InChI=1S/C28H28F3N9O3S/c1-39-15-18(26(38-39)28(29,30)31)3-2-17-13-33-25(12-23(17)35-20-4-6-21(41)7-5-20)36-24-10-11-32-27(37-24)19-14-34-40(16-19)44(42,43)22-8-9-22/h10-16,20-22,41H,4-9H2,1H3,(H2,32,33,35,36,37). The lowest BCUT2D eigenvalue weighted by molar-refractivity contribution is -0.141. The fourth-order valence-corrected chi connectivity index (χ4v) is 6.36. The topological polar surface area (TPSA) is 153 Å². The van der Waals surface area contributed by atoms with Crippen LogP contribution in [0.25, 0.3) is 11.4 Å². The van der Waals surface area contributed by atoms with Gasteiger partial charge < -0.3 is 15.7 Å². The van der Waals surface area contributed by atoms with E-state index in [1.165, 1.54) is 38.0 Å². The Morgan fingerprint density at radius 2 is 1.75 bits per heavy atom. The lowest BCUT2D eigenvalue weighted by Gasteiger charge is -2.27. The average Bonchev–Trinajstić information content (AvgIpc) is 3.60.